The summed E-state index contributed by atoms with van der Waals surface area (Å²) in [6.07, 6.45) is 1.43. The lowest BCUT2D eigenvalue weighted by molar-refractivity contribution is -0.143. The van der Waals surface area contributed by atoms with E-state index in [1.807, 2.05) is 13.0 Å². The highest BCUT2D eigenvalue weighted by Crippen LogP contribution is 2.13. The van der Waals surface area contributed by atoms with Crippen molar-refractivity contribution in [2.75, 3.05) is 6.54 Å². The van der Waals surface area contributed by atoms with Gasteiger partial charge in [-0.3, -0.25) is 24.0 Å². The zero-order valence-corrected chi connectivity index (χ0v) is 28.1. The van der Waals surface area contributed by atoms with E-state index in [1.54, 1.807) is 61.5 Å². The standard InChI is InChI=1S/C35H50N6O8/c1-3-22(2)30(41-33(46)28(21-24-14-8-5-9-15-24)39-31(44)25(37)16-10-11-19-36)34(47)40-27(20-23-12-6-4-7-13-23)32(45)38-26(35(48)49)17-18-29(42)43/h4-9,12-15,22,25-28,30H,3,10-11,16-21,36-37H2,1-2H3,(H,38,45)(H,39,44)(H,40,47)(H,41,46)(H,42,43)(H,48,49)/t22-,25-,26-,27-,28-,30-/m0/s1. The van der Waals surface area contributed by atoms with E-state index in [9.17, 15) is 33.9 Å². The van der Waals surface area contributed by atoms with Gasteiger partial charge in [-0.15, -0.1) is 0 Å². The number of carboxylic acid groups (broad SMARTS) is 2. The van der Waals surface area contributed by atoms with Crippen molar-refractivity contribution < 1.29 is 39.0 Å². The van der Waals surface area contributed by atoms with Gasteiger partial charge >= 0.3 is 11.9 Å². The van der Waals surface area contributed by atoms with E-state index in [-0.39, 0.29) is 19.3 Å². The van der Waals surface area contributed by atoms with Crippen LogP contribution in [0.4, 0.5) is 0 Å². The summed E-state index contributed by atoms with van der Waals surface area (Å²) in [6, 6.07) is 11.9. The van der Waals surface area contributed by atoms with Gasteiger partial charge in [-0.25, -0.2) is 4.79 Å². The van der Waals surface area contributed by atoms with Crippen molar-refractivity contribution in [3.63, 3.8) is 0 Å². The molecule has 6 atom stereocenters. The Bertz CT molecular complexity index is 1380. The van der Waals surface area contributed by atoms with Crippen LogP contribution in [0.15, 0.2) is 60.7 Å². The van der Waals surface area contributed by atoms with Gasteiger partial charge in [0, 0.05) is 19.3 Å². The average Bonchev–Trinajstić information content (AvgIpc) is 3.08. The molecule has 0 spiro atoms. The van der Waals surface area contributed by atoms with Crippen LogP contribution in [0.2, 0.25) is 0 Å². The second-order valence-corrected chi connectivity index (χ2v) is 12.1. The smallest absolute Gasteiger partial charge is 0.326 e. The third kappa shape index (κ3) is 14.5. The Hall–Kier alpha value is -4.82. The highest BCUT2D eigenvalue weighted by molar-refractivity contribution is 5.95. The predicted octanol–water partition coefficient (Wildman–Crippen LogP) is 0.863. The SMILES string of the molecule is CC[C@H](C)[C@H](NC(=O)[C@H](Cc1ccccc1)NC(=O)[C@@H](N)CCCCN)C(=O)N[C@@H](Cc1ccccc1)C(=O)N[C@@H](CCC(=O)O)C(=O)O. The lowest BCUT2D eigenvalue weighted by Crippen LogP contribution is -2.60. The van der Waals surface area contributed by atoms with Gasteiger partial charge in [0.15, 0.2) is 0 Å². The van der Waals surface area contributed by atoms with Crippen LogP contribution < -0.4 is 32.7 Å². The predicted molar refractivity (Wildman–Crippen MR) is 183 cm³/mol. The highest BCUT2D eigenvalue weighted by Gasteiger charge is 2.34. The van der Waals surface area contributed by atoms with Crippen LogP contribution in [-0.4, -0.2) is 82.5 Å². The number of rotatable bonds is 22. The van der Waals surface area contributed by atoms with Crippen molar-refractivity contribution in [3.8, 4) is 0 Å². The molecule has 49 heavy (non-hydrogen) atoms. The van der Waals surface area contributed by atoms with Crippen molar-refractivity contribution in [2.45, 2.75) is 95.4 Å². The fourth-order valence-electron chi connectivity index (χ4n) is 5.05. The van der Waals surface area contributed by atoms with Crippen LogP contribution in [0.5, 0.6) is 0 Å². The number of hydrogen-bond acceptors (Lipinski definition) is 8. The molecular weight excluding hydrogens is 632 g/mol. The normalized spacial score (nSPS) is 14.6. The van der Waals surface area contributed by atoms with Crippen molar-refractivity contribution in [3.05, 3.63) is 71.8 Å². The molecule has 0 fully saturated rings. The van der Waals surface area contributed by atoms with Crippen LogP contribution in [0.1, 0.15) is 63.5 Å². The molecule has 0 heterocycles. The number of carbonyl (C=O) groups excluding carboxylic acids is 4. The van der Waals surface area contributed by atoms with E-state index in [1.165, 1.54) is 0 Å². The van der Waals surface area contributed by atoms with Gasteiger partial charge in [0.05, 0.1) is 6.04 Å². The van der Waals surface area contributed by atoms with E-state index in [0.29, 0.717) is 37.8 Å². The molecule has 4 amide bonds. The number of aliphatic carboxylic acids is 2. The maximum absolute atomic E-state index is 13.9. The molecule has 0 aliphatic carbocycles. The van der Waals surface area contributed by atoms with Gasteiger partial charge in [0.2, 0.25) is 23.6 Å². The van der Waals surface area contributed by atoms with Crippen molar-refractivity contribution >= 4 is 35.6 Å². The molecule has 14 heteroatoms. The molecule has 2 aromatic carbocycles. The molecule has 0 radical (unpaired) electrons. The summed E-state index contributed by atoms with van der Waals surface area (Å²) in [4.78, 5) is 77.0. The molecule has 2 rings (SSSR count). The van der Waals surface area contributed by atoms with E-state index in [2.05, 4.69) is 21.3 Å². The minimum atomic E-state index is -1.51. The Labute approximate surface area is 286 Å². The summed E-state index contributed by atoms with van der Waals surface area (Å²) in [5.41, 5.74) is 13.1. The topological polar surface area (TPSA) is 243 Å². The van der Waals surface area contributed by atoms with Crippen molar-refractivity contribution in [1.82, 2.24) is 21.3 Å². The fourth-order valence-corrected chi connectivity index (χ4v) is 5.05. The molecule has 0 bridgehead atoms. The summed E-state index contributed by atoms with van der Waals surface area (Å²) in [5, 5.41) is 29.2. The van der Waals surface area contributed by atoms with E-state index in [0.717, 1.165) is 5.56 Å². The quantitative estimate of drug-likeness (QED) is 0.0815. The summed E-state index contributed by atoms with van der Waals surface area (Å²) in [5.74, 6) is -5.74. The monoisotopic (exact) mass is 682 g/mol. The van der Waals surface area contributed by atoms with E-state index < -0.39 is 78.1 Å². The molecule has 0 unspecified atom stereocenters. The van der Waals surface area contributed by atoms with E-state index in [4.69, 9.17) is 16.6 Å². The largest absolute Gasteiger partial charge is 0.481 e. The first kappa shape index (κ1) is 40.4. The van der Waals surface area contributed by atoms with Gasteiger partial charge in [0.1, 0.15) is 24.2 Å². The maximum atomic E-state index is 13.9. The first-order valence-corrected chi connectivity index (χ1v) is 16.6. The van der Waals surface area contributed by atoms with Gasteiger partial charge in [-0.05, 0) is 42.9 Å². The second kappa shape index (κ2) is 21.2. The summed E-state index contributed by atoms with van der Waals surface area (Å²) in [6.45, 7) is 4.04. The minimum Gasteiger partial charge on any atom is -0.481 e. The third-order valence-corrected chi connectivity index (χ3v) is 8.19. The first-order chi connectivity index (χ1) is 23.4. The first-order valence-electron chi connectivity index (χ1n) is 16.6. The van der Waals surface area contributed by atoms with Crippen molar-refractivity contribution in [2.24, 2.45) is 17.4 Å². The average molecular weight is 683 g/mol. The fraction of sp³-hybridized carbons (Fsp3) is 0.486. The molecule has 2 aromatic rings. The third-order valence-electron chi connectivity index (χ3n) is 8.19. The molecule has 10 N–H and O–H groups in total. The minimum absolute atomic E-state index is 0.0143. The molecule has 0 saturated carbocycles. The van der Waals surface area contributed by atoms with Gasteiger partial charge < -0.3 is 42.9 Å². The Morgan fingerprint density at radius 2 is 1.16 bits per heavy atom. The van der Waals surface area contributed by atoms with Crippen LogP contribution in [0, 0.1) is 5.92 Å². The molecule has 0 aliphatic rings. The lowest BCUT2D eigenvalue weighted by Gasteiger charge is -2.29. The molecule has 0 aliphatic heterocycles. The van der Waals surface area contributed by atoms with Gasteiger partial charge in [0.25, 0.3) is 0 Å². The Morgan fingerprint density at radius 3 is 1.63 bits per heavy atom. The van der Waals surface area contributed by atoms with Crippen LogP contribution in [0.25, 0.3) is 0 Å². The number of nitrogens with one attached hydrogen (secondary N) is 4. The van der Waals surface area contributed by atoms with Gasteiger partial charge in [-0.2, -0.15) is 0 Å². The van der Waals surface area contributed by atoms with Crippen LogP contribution >= 0.6 is 0 Å². The number of benzene rings is 2. The molecule has 268 valence electrons. The van der Waals surface area contributed by atoms with Crippen LogP contribution in [-0.2, 0) is 41.6 Å². The number of nitrogens with two attached hydrogens (primary N) is 2. The highest BCUT2D eigenvalue weighted by atomic mass is 16.4. The number of unbranched alkanes of at least 4 members (excludes halogenated alkanes) is 1. The zero-order valence-electron chi connectivity index (χ0n) is 28.1. The Kier molecular flexibility index (Phi) is 17.5. The summed E-state index contributed by atoms with van der Waals surface area (Å²) < 4.78 is 0. The number of carbonyl (C=O) groups is 6. The molecular formula is C35H50N6O8. The number of carboxylic acids is 2. The Balaban J connectivity index is 2.33. The number of hydrogen-bond donors (Lipinski definition) is 8. The summed E-state index contributed by atoms with van der Waals surface area (Å²) >= 11 is 0. The van der Waals surface area contributed by atoms with E-state index >= 15 is 0 Å². The summed E-state index contributed by atoms with van der Waals surface area (Å²) in [7, 11) is 0. The lowest BCUT2D eigenvalue weighted by atomic mass is 9.96. The van der Waals surface area contributed by atoms with Crippen LogP contribution in [0.3, 0.4) is 0 Å². The maximum Gasteiger partial charge on any atom is 0.326 e. The molecule has 0 aromatic heterocycles. The van der Waals surface area contributed by atoms with Crippen molar-refractivity contribution in [1.29, 1.82) is 0 Å². The van der Waals surface area contributed by atoms with Gasteiger partial charge in [-0.1, -0.05) is 87.4 Å². The zero-order chi connectivity index (χ0) is 36.3. The molecule has 0 saturated heterocycles. The second-order valence-electron chi connectivity index (χ2n) is 12.1. The number of amides is 4. The Morgan fingerprint density at radius 1 is 0.673 bits per heavy atom. The molecule has 14 nitrogen and oxygen atoms in total.